The van der Waals surface area contributed by atoms with Gasteiger partial charge in [0.05, 0.1) is 0 Å². The molecule has 0 aliphatic carbocycles. The lowest BCUT2D eigenvalue weighted by Gasteiger charge is -2.07. The van der Waals surface area contributed by atoms with Crippen LogP contribution in [0, 0.1) is 0 Å². The van der Waals surface area contributed by atoms with Gasteiger partial charge in [-0.3, -0.25) is 0 Å². The lowest BCUT2D eigenvalue weighted by atomic mass is 10.0. The lowest BCUT2D eigenvalue weighted by molar-refractivity contribution is 0.442. The highest BCUT2D eigenvalue weighted by atomic mass is 35.5. The summed E-state index contributed by atoms with van der Waals surface area (Å²) in [5, 5.41) is 2.49. The molecule has 0 amide bonds. The molecule has 4 aromatic rings. The Labute approximate surface area is 143 Å². The maximum atomic E-state index is 6.03. The predicted molar refractivity (Wildman–Crippen MR) is 94.3 cm³/mol. The second kappa shape index (κ2) is 6.26. The molecule has 116 valence electrons. The van der Waals surface area contributed by atoms with Crippen LogP contribution in [0.5, 0.6) is 11.8 Å². The van der Waals surface area contributed by atoms with Gasteiger partial charge in [0, 0.05) is 29.5 Å². The van der Waals surface area contributed by atoms with Crippen LogP contribution in [0.15, 0.2) is 73.2 Å². The van der Waals surface area contributed by atoms with Gasteiger partial charge < -0.3 is 4.74 Å². The van der Waals surface area contributed by atoms with Crippen molar-refractivity contribution in [3.8, 4) is 22.9 Å². The summed E-state index contributed by atoms with van der Waals surface area (Å²) >= 11 is 6.03. The van der Waals surface area contributed by atoms with Gasteiger partial charge in [0.1, 0.15) is 10.9 Å². The second-order valence-electron chi connectivity index (χ2n) is 5.20. The van der Waals surface area contributed by atoms with Gasteiger partial charge in [-0.25, -0.2) is 15.0 Å². The maximum Gasteiger partial charge on any atom is 0.321 e. The van der Waals surface area contributed by atoms with Crippen molar-refractivity contribution in [1.82, 2.24) is 15.0 Å². The number of hydrogen-bond donors (Lipinski definition) is 0. The molecule has 0 spiro atoms. The number of hydrogen-bond acceptors (Lipinski definition) is 4. The topological polar surface area (TPSA) is 47.9 Å². The van der Waals surface area contributed by atoms with Crippen molar-refractivity contribution in [1.29, 1.82) is 0 Å². The van der Waals surface area contributed by atoms with E-state index in [9.17, 15) is 0 Å². The van der Waals surface area contributed by atoms with E-state index in [1.165, 1.54) is 0 Å². The number of benzene rings is 2. The Morgan fingerprint density at radius 1 is 0.792 bits per heavy atom. The largest absolute Gasteiger partial charge is 0.424 e. The average Bonchev–Trinajstić information content (AvgIpc) is 2.63. The number of rotatable bonds is 3. The van der Waals surface area contributed by atoms with Crippen LogP contribution in [-0.2, 0) is 0 Å². The van der Waals surface area contributed by atoms with Gasteiger partial charge in [-0.15, -0.1) is 0 Å². The van der Waals surface area contributed by atoms with E-state index in [2.05, 4.69) is 15.0 Å². The van der Waals surface area contributed by atoms with Gasteiger partial charge >= 0.3 is 6.01 Å². The highest BCUT2D eigenvalue weighted by Gasteiger charge is 2.07. The van der Waals surface area contributed by atoms with Crippen LogP contribution >= 0.6 is 11.6 Å². The summed E-state index contributed by atoms with van der Waals surface area (Å²) in [6, 6.07) is 17.6. The van der Waals surface area contributed by atoms with Gasteiger partial charge in [-0.2, -0.15) is 0 Å². The normalized spacial score (nSPS) is 10.7. The number of fused-ring (bicyclic) bond motifs is 1. The van der Waals surface area contributed by atoms with Crippen LogP contribution < -0.4 is 4.74 Å². The van der Waals surface area contributed by atoms with Crippen molar-refractivity contribution in [3.05, 3.63) is 78.3 Å². The number of nitrogens with zero attached hydrogens (tertiary/aromatic N) is 3. The van der Waals surface area contributed by atoms with Gasteiger partial charge in [0.25, 0.3) is 0 Å². The Bertz CT molecular complexity index is 988. The van der Waals surface area contributed by atoms with E-state index in [1.807, 2.05) is 54.6 Å². The first-order valence-corrected chi connectivity index (χ1v) is 7.77. The Kier molecular flexibility index (Phi) is 3.81. The Balaban J connectivity index is 1.69. The monoisotopic (exact) mass is 333 g/mol. The highest BCUT2D eigenvalue weighted by molar-refractivity contribution is 6.30. The number of ether oxygens (including phenoxy) is 1. The minimum absolute atomic E-state index is 0.310. The van der Waals surface area contributed by atoms with Gasteiger partial charge in [0.2, 0.25) is 0 Å². The van der Waals surface area contributed by atoms with Crippen LogP contribution in [0.1, 0.15) is 0 Å². The summed E-state index contributed by atoms with van der Waals surface area (Å²) in [7, 11) is 0. The molecule has 0 saturated heterocycles. The molecule has 0 N–H and O–H groups in total. The summed E-state index contributed by atoms with van der Waals surface area (Å²) in [5.41, 5.74) is 1.89. The smallest absolute Gasteiger partial charge is 0.321 e. The first-order valence-electron chi connectivity index (χ1n) is 7.39. The number of halogens is 1. The summed E-state index contributed by atoms with van der Waals surface area (Å²) in [6.45, 7) is 0. The van der Waals surface area contributed by atoms with Crippen molar-refractivity contribution in [2.45, 2.75) is 0 Å². The van der Waals surface area contributed by atoms with E-state index in [0.717, 1.165) is 21.9 Å². The zero-order valence-electron chi connectivity index (χ0n) is 12.6. The van der Waals surface area contributed by atoms with E-state index in [4.69, 9.17) is 16.3 Å². The van der Waals surface area contributed by atoms with Crippen LogP contribution in [0.4, 0.5) is 0 Å². The minimum Gasteiger partial charge on any atom is -0.424 e. The van der Waals surface area contributed by atoms with E-state index in [-0.39, 0.29) is 0 Å². The van der Waals surface area contributed by atoms with Gasteiger partial charge in [-0.05, 0) is 29.1 Å². The zero-order chi connectivity index (χ0) is 16.4. The Morgan fingerprint density at radius 3 is 2.38 bits per heavy atom. The quantitative estimate of drug-likeness (QED) is 0.487. The van der Waals surface area contributed by atoms with Crippen LogP contribution in [0.2, 0.25) is 5.15 Å². The summed E-state index contributed by atoms with van der Waals surface area (Å²) in [6.07, 6.45) is 5.25. The number of para-hydroxylation sites is 1. The molecule has 4 nitrogen and oxygen atoms in total. The minimum atomic E-state index is 0.310. The fraction of sp³-hybridized carbons (Fsp3) is 0. The van der Waals surface area contributed by atoms with E-state index in [1.54, 1.807) is 18.6 Å². The molecule has 4 rings (SSSR count). The first-order chi connectivity index (χ1) is 11.8. The molecule has 0 aliphatic heterocycles. The molecule has 0 radical (unpaired) electrons. The number of pyridine rings is 1. The summed E-state index contributed by atoms with van der Waals surface area (Å²) in [5.74, 6) is 0.702. The summed E-state index contributed by atoms with van der Waals surface area (Å²) < 4.78 is 5.62. The van der Waals surface area contributed by atoms with Gasteiger partial charge in [-0.1, -0.05) is 48.0 Å². The molecular formula is C19H12ClN3O. The molecule has 24 heavy (non-hydrogen) atoms. The second-order valence-corrected chi connectivity index (χ2v) is 5.59. The molecule has 2 aromatic heterocycles. The SMILES string of the molecule is Clc1cc2c(-c3cnc(Oc4ccccc4)nc3)cccc2cn1. The van der Waals surface area contributed by atoms with Crippen LogP contribution in [0.25, 0.3) is 21.9 Å². The molecule has 0 unspecified atom stereocenters. The lowest BCUT2D eigenvalue weighted by Crippen LogP contribution is -1.92. The van der Waals surface area contributed by atoms with E-state index < -0.39 is 0 Å². The third-order valence-electron chi connectivity index (χ3n) is 3.62. The van der Waals surface area contributed by atoms with Crippen molar-refractivity contribution in [2.24, 2.45) is 0 Å². The van der Waals surface area contributed by atoms with Crippen molar-refractivity contribution >= 4 is 22.4 Å². The van der Waals surface area contributed by atoms with Crippen molar-refractivity contribution in [3.63, 3.8) is 0 Å². The fourth-order valence-corrected chi connectivity index (χ4v) is 2.66. The molecule has 0 atom stereocenters. The van der Waals surface area contributed by atoms with Crippen molar-refractivity contribution in [2.75, 3.05) is 0 Å². The van der Waals surface area contributed by atoms with E-state index >= 15 is 0 Å². The molecule has 2 heterocycles. The van der Waals surface area contributed by atoms with Gasteiger partial charge in [0.15, 0.2) is 0 Å². The zero-order valence-corrected chi connectivity index (χ0v) is 13.3. The standard InChI is InChI=1S/C19H12ClN3O/c20-18-9-17-13(10-21-18)5-4-8-16(17)14-11-22-19(23-12-14)24-15-6-2-1-3-7-15/h1-12H. The first kappa shape index (κ1) is 14.6. The Morgan fingerprint density at radius 2 is 1.58 bits per heavy atom. The Hall–Kier alpha value is -2.98. The molecule has 0 bridgehead atoms. The van der Waals surface area contributed by atoms with Crippen molar-refractivity contribution < 1.29 is 4.74 Å². The highest BCUT2D eigenvalue weighted by Crippen LogP contribution is 2.29. The third kappa shape index (κ3) is 2.92. The van der Waals surface area contributed by atoms with E-state index in [0.29, 0.717) is 16.9 Å². The molecule has 0 saturated carbocycles. The molecule has 0 aliphatic rings. The molecule has 5 heteroatoms. The van der Waals surface area contributed by atoms with Crippen LogP contribution in [0.3, 0.4) is 0 Å². The predicted octanol–water partition coefficient (Wildman–Crippen LogP) is 5.14. The third-order valence-corrected chi connectivity index (χ3v) is 3.83. The molecular weight excluding hydrogens is 322 g/mol. The van der Waals surface area contributed by atoms with Crippen LogP contribution in [-0.4, -0.2) is 15.0 Å². The molecule has 2 aromatic carbocycles. The summed E-state index contributed by atoms with van der Waals surface area (Å²) in [4.78, 5) is 12.7. The number of aromatic nitrogens is 3. The fourth-order valence-electron chi connectivity index (χ4n) is 2.50. The average molecular weight is 334 g/mol. The molecule has 0 fully saturated rings. The maximum absolute atomic E-state index is 6.03.